The molecule has 2 aromatic rings. The number of ether oxygens (including phenoxy) is 2. The van der Waals surface area contributed by atoms with Gasteiger partial charge in [-0.2, -0.15) is 5.26 Å². The maximum absolute atomic E-state index is 12.8. The largest absolute Gasteiger partial charge is 0.463 e. The Kier molecular flexibility index (Phi) is 7.55. The van der Waals surface area contributed by atoms with Crippen LogP contribution in [0.3, 0.4) is 0 Å². The van der Waals surface area contributed by atoms with Crippen LogP contribution in [0.25, 0.3) is 0 Å². The molecule has 5 nitrogen and oxygen atoms in total. The molecule has 0 aromatic heterocycles. The van der Waals surface area contributed by atoms with Gasteiger partial charge in [0.1, 0.15) is 17.4 Å². The number of halogens is 1. The number of carbonyl (C=O) groups is 1. The van der Waals surface area contributed by atoms with Crippen molar-refractivity contribution in [1.29, 1.82) is 5.26 Å². The van der Waals surface area contributed by atoms with Crippen molar-refractivity contribution in [3.63, 3.8) is 0 Å². The van der Waals surface area contributed by atoms with Crippen molar-refractivity contribution in [2.24, 2.45) is 5.73 Å². The molecule has 32 heavy (non-hydrogen) atoms. The van der Waals surface area contributed by atoms with Gasteiger partial charge in [0.25, 0.3) is 0 Å². The van der Waals surface area contributed by atoms with Crippen LogP contribution in [0.1, 0.15) is 42.0 Å². The Morgan fingerprint density at radius 2 is 1.91 bits per heavy atom. The van der Waals surface area contributed by atoms with Crippen molar-refractivity contribution >= 4 is 29.3 Å². The first-order valence-corrected chi connectivity index (χ1v) is 11.6. The second kappa shape index (κ2) is 10.2. The molecule has 0 unspecified atom stereocenters. The normalized spacial score (nSPS) is 15.9. The van der Waals surface area contributed by atoms with E-state index in [0.717, 1.165) is 32.9 Å². The van der Waals surface area contributed by atoms with E-state index < -0.39 is 11.9 Å². The minimum absolute atomic E-state index is 0.0140. The van der Waals surface area contributed by atoms with Crippen molar-refractivity contribution in [3.05, 3.63) is 86.5 Å². The molecule has 2 aromatic carbocycles. The van der Waals surface area contributed by atoms with Gasteiger partial charge in [0.15, 0.2) is 0 Å². The number of rotatable bonds is 6. The fourth-order valence-electron chi connectivity index (χ4n) is 3.74. The number of nitrogens with two attached hydrogens (primary N) is 1. The van der Waals surface area contributed by atoms with Crippen LogP contribution >= 0.6 is 23.4 Å². The summed E-state index contributed by atoms with van der Waals surface area (Å²) in [6.07, 6.45) is 0. The number of aryl methyl sites for hydroxylation is 2. The predicted molar refractivity (Wildman–Crippen MR) is 127 cm³/mol. The fourth-order valence-corrected chi connectivity index (χ4v) is 4.83. The van der Waals surface area contributed by atoms with Crippen molar-refractivity contribution in [1.82, 2.24) is 0 Å². The summed E-state index contributed by atoms with van der Waals surface area (Å²) in [5.41, 5.74) is 10.6. The average molecular weight is 469 g/mol. The Morgan fingerprint density at radius 1 is 1.22 bits per heavy atom. The average Bonchev–Trinajstić information content (AvgIpc) is 2.74. The first-order chi connectivity index (χ1) is 15.3. The van der Waals surface area contributed by atoms with Crippen molar-refractivity contribution in [3.8, 4) is 6.07 Å². The summed E-state index contributed by atoms with van der Waals surface area (Å²) in [6.45, 7) is 7.66. The van der Waals surface area contributed by atoms with E-state index in [1.165, 1.54) is 0 Å². The van der Waals surface area contributed by atoms with Crippen LogP contribution in [0.4, 0.5) is 0 Å². The van der Waals surface area contributed by atoms with Crippen molar-refractivity contribution in [2.75, 3.05) is 6.61 Å². The van der Waals surface area contributed by atoms with Gasteiger partial charge in [-0.1, -0.05) is 23.7 Å². The second-order valence-corrected chi connectivity index (χ2v) is 8.98. The number of thioether (sulfide) groups is 1. The highest BCUT2D eigenvalue weighted by molar-refractivity contribution is 7.98. The molecule has 2 N–H and O–H groups in total. The van der Waals surface area contributed by atoms with Crippen LogP contribution in [-0.4, -0.2) is 12.6 Å². The summed E-state index contributed by atoms with van der Waals surface area (Å²) in [5.74, 6) is -0.0650. The Morgan fingerprint density at radius 3 is 2.53 bits per heavy atom. The van der Waals surface area contributed by atoms with E-state index in [0.29, 0.717) is 16.4 Å². The lowest BCUT2D eigenvalue weighted by atomic mass is 9.80. The minimum atomic E-state index is -0.646. The molecule has 0 amide bonds. The molecule has 166 valence electrons. The van der Waals surface area contributed by atoms with Crippen LogP contribution < -0.4 is 5.73 Å². The number of carbonyl (C=O) groups excluding carboxylic acids is 1. The van der Waals surface area contributed by atoms with E-state index in [4.69, 9.17) is 26.8 Å². The molecule has 1 aliphatic heterocycles. The topological polar surface area (TPSA) is 85.3 Å². The molecule has 1 heterocycles. The van der Waals surface area contributed by atoms with Gasteiger partial charge in [-0.05, 0) is 74.2 Å². The van der Waals surface area contributed by atoms with E-state index in [1.807, 2.05) is 31.2 Å². The van der Waals surface area contributed by atoms with E-state index >= 15 is 0 Å². The van der Waals surface area contributed by atoms with Crippen LogP contribution in [0.2, 0.25) is 5.02 Å². The highest BCUT2D eigenvalue weighted by Gasteiger charge is 2.37. The molecule has 7 heteroatoms. The lowest BCUT2D eigenvalue weighted by Gasteiger charge is -2.28. The number of nitriles is 1. The smallest absolute Gasteiger partial charge is 0.338 e. The zero-order valence-electron chi connectivity index (χ0n) is 18.5. The van der Waals surface area contributed by atoms with E-state index in [1.54, 1.807) is 25.6 Å². The number of hydrogen-bond acceptors (Lipinski definition) is 6. The number of nitrogens with zero attached hydrogens (tertiary/aromatic N) is 1. The number of esters is 1. The Hall–Kier alpha value is -2.88. The lowest BCUT2D eigenvalue weighted by Crippen LogP contribution is -2.26. The Labute approximate surface area is 197 Å². The molecule has 1 atom stereocenters. The van der Waals surface area contributed by atoms with Crippen LogP contribution in [0.5, 0.6) is 0 Å². The second-order valence-electron chi connectivity index (χ2n) is 7.49. The minimum Gasteiger partial charge on any atom is -0.463 e. The molecule has 0 spiro atoms. The van der Waals surface area contributed by atoms with Gasteiger partial charge in [-0.15, -0.1) is 11.8 Å². The van der Waals surface area contributed by atoms with Crippen LogP contribution in [0, 0.1) is 25.2 Å². The summed E-state index contributed by atoms with van der Waals surface area (Å²) < 4.78 is 10.8. The van der Waals surface area contributed by atoms with Gasteiger partial charge >= 0.3 is 5.97 Å². The number of allylic oxidation sites excluding steroid dienone is 2. The van der Waals surface area contributed by atoms with Gasteiger partial charge in [0.2, 0.25) is 5.88 Å². The summed E-state index contributed by atoms with van der Waals surface area (Å²) in [4.78, 5) is 13.9. The predicted octanol–water partition coefficient (Wildman–Crippen LogP) is 5.89. The molecular formula is C25H25ClN2O3S. The molecule has 0 saturated heterocycles. The maximum Gasteiger partial charge on any atom is 0.338 e. The molecule has 3 rings (SSSR count). The Balaban J connectivity index is 2.05. The quantitative estimate of drug-likeness (QED) is 0.420. The molecule has 0 saturated carbocycles. The molecule has 1 aliphatic rings. The zero-order valence-corrected chi connectivity index (χ0v) is 20.1. The summed E-state index contributed by atoms with van der Waals surface area (Å²) in [7, 11) is 0. The third-order valence-electron chi connectivity index (χ3n) is 5.34. The highest BCUT2D eigenvalue weighted by atomic mass is 35.5. The summed E-state index contributed by atoms with van der Waals surface area (Å²) in [6, 6.07) is 14.0. The van der Waals surface area contributed by atoms with Gasteiger partial charge < -0.3 is 15.2 Å². The number of benzene rings is 2. The van der Waals surface area contributed by atoms with E-state index in [2.05, 4.69) is 25.1 Å². The first kappa shape index (κ1) is 23.8. The number of hydrogen-bond donors (Lipinski definition) is 1. The van der Waals surface area contributed by atoms with E-state index in [-0.39, 0.29) is 18.1 Å². The third-order valence-corrected chi connectivity index (χ3v) is 6.66. The van der Waals surface area contributed by atoms with Crippen LogP contribution in [-0.2, 0) is 20.0 Å². The van der Waals surface area contributed by atoms with Gasteiger partial charge in [-0.25, -0.2) is 4.79 Å². The standard InChI is InChI=1S/C25H25ClN2O3S/c1-5-30-25(29)22-16(4)31-24(28)21(12-27)23(22)20-11-17(14(2)10-15(20)3)13-32-19-8-6-18(26)7-9-19/h6-11,23H,5,13,28H2,1-4H3/t23-/m0/s1. The summed E-state index contributed by atoms with van der Waals surface area (Å²) in [5, 5.41) is 10.5. The Bertz CT molecular complexity index is 1150. The van der Waals surface area contributed by atoms with Crippen molar-refractivity contribution < 1.29 is 14.3 Å². The molecule has 0 bridgehead atoms. The molecule has 0 aliphatic carbocycles. The monoisotopic (exact) mass is 468 g/mol. The zero-order chi connectivity index (χ0) is 23.4. The molecular weight excluding hydrogens is 444 g/mol. The fraction of sp³-hybridized carbons (Fsp3) is 0.280. The lowest BCUT2D eigenvalue weighted by molar-refractivity contribution is -0.139. The first-order valence-electron chi connectivity index (χ1n) is 10.2. The molecule has 0 radical (unpaired) electrons. The van der Waals surface area contributed by atoms with Gasteiger partial charge in [0.05, 0.1) is 18.1 Å². The van der Waals surface area contributed by atoms with Gasteiger partial charge in [-0.3, -0.25) is 0 Å². The molecule has 0 fully saturated rings. The van der Waals surface area contributed by atoms with Gasteiger partial charge in [0, 0.05) is 15.7 Å². The maximum atomic E-state index is 12.8. The van der Waals surface area contributed by atoms with Crippen molar-refractivity contribution in [2.45, 2.75) is 44.3 Å². The SMILES string of the molecule is CCOC(=O)C1=C(C)OC(N)=C(C#N)[C@@H]1c1cc(CSc2ccc(Cl)cc2)c(C)cc1C. The third kappa shape index (κ3) is 4.95. The summed E-state index contributed by atoms with van der Waals surface area (Å²) >= 11 is 7.68. The highest BCUT2D eigenvalue weighted by Crippen LogP contribution is 2.42. The van der Waals surface area contributed by atoms with Crippen LogP contribution in [0.15, 0.2) is 64.1 Å². The van der Waals surface area contributed by atoms with E-state index in [9.17, 15) is 10.1 Å².